The number of para-hydroxylation sites is 2. The van der Waals surface area contributed by atoms with E-state index in [4.69, 9.17) is 4.74 Å². The predicted molar refractivity (Wildman–Crippen MR) is 87.4 cm³/mol. The van der Waals surface area contributed by atoms with E-state index in [0.717, 1.165) is 16.2 Å². The molecular formula is C16H18N2O2S. The number of benzene rings is 2. The molecule has 0 heterocycles. The van der Waals surface area contributed by atoms with Crippen LogP contribution >= 0.6 is 12.6 Å². The molecule has 2 N–H and O–H groups in total. The van der Waals surface area contributed by atoms with Crippen molar-refractivity contribution < 1.29 is 9.53 Å². The van der Waals surface area contributed by atoms with Gasteiger partial charge in [0.2, 0.25) is 0 Å². The van der Waals surface area contributed by atoms with Crippen molar-refractivity contribution in [1.29, 1.82) is 0 Å². The lowest BCUT2D eigenvalue weighted by Gasteiger charge is -2.11. The summed E-state index contributed by atoms with van der Waals surface area (Å²) < 4.78 is 5.28. The van der Waals surface area contributed by atoms with Crippen LogP contribution in [-0.4, -0.2) is 19.7 Å². The van der Waals surface area contributed by atoms with E-state index in [-0.39, 0.29) is 6.03 Å². The zero-order chi connectivity index (χ0) is 15.1. The van der Waals surface area contributed by atoms with Gasteiger partial charge in [-0.3, -0.25) is 0 Å². The highest BCUT2D eigenvalue weighted by Gasteiger charge is 2.05. The molecule has 0 aliphatic rings. The average Bonchev–Trinajstić information content (AvgIpc) is 2.50. The maximum atomic E-state index is 11.8. The highest BCUT2D eigenvalue weighted by molar-refractivity contribution is 7.80. The Bertz CT molecular complexity index is 617. The number of methoxy groups -OCH3 is 1. The van der Waals surface area contributed by atoms with E-state index >= 15 is 0 Å². The number of nitrogens with one attached hydrogen (secondary N) is 2. The molecule has 2 aromatic rings. The van der Waals surface area contributed by atoms with E-state index in [1.165, 1.54) is 0 Å². The van der Waals surface area contributed by atoms with Gasteiger partial charge in [-0.15, -0.1) is 12.6 Å². The Labute approximate surface area is 129 Å². The quantitative estimate of drug-likeness (QED) is 0.742. The average molecular weight is 302 g/mol. The number of ether oxygens (including phenoxy) is 1. The zero-order valence-corrected chi connectivity index (χ0v) is 12.7. The second kappa shape index (κ2) is 7.59. The van der Waals surface area contributed by atoms with Crippen LogP contribution in [0.2, 0.25) is 0 Å². The van der Waals surface area contributed by atoms with Gasteiger partial charge in [0.25, 0.3) is 0 Å². The number of amides is 2. The van der Waals surface area contributed by atoms with Crippen LogP contribution < -0.4 is 15.4 Å². The molecule has 0 saturated heterocycles. The molecule has 2 rings (SSSR count). The first-order chi connectivity index (χ1) is 10.2. The van der Waals surface area contributed by atoms with E-state index < -0.39 is 0 Å². The van der Waals surface area contributed by atoms with Gasteiger partial charge in [0.15, 0.2) is 0 Å². The number of rotatable bonds is 5. The molecule has 0 bridgehead atoms. The van der Waals surface area contributed by atoms with Crippen LogP contribution in [0.4, 0.5) is 10.5 Å². The monoisotopic (exact) mass is 302 g/mol. The topological polar surface area (TPSA) is 50.4 Å². The summed E-state index contributed by atoms with van der Waals surface area (Å²) in [5.41, 5.74) is 1.76. The van der Waals surface area contributed by atoms with Gasteiger partial charge in [-0.2, -0.15) is 0 Å². The van der Waals surface area contributed by atoms with Crippen molar-refractivity contribution in [2.24, 2.45) is 0 Å². The molecule has 4 nitrogen and oxygen atoms in total. The molecule has 2 amide bonds. The Morgan fingerprint density at radius 3 is 2.62 bits per heavy atom. The Hall–Kier alpha value is -2.14. The summed E-state index contributed by atoms with van der Waals surface area (Å²) in [7, 11) is 1.64. The van der Waals surface area contributed by atoms with Crippen LogP contribution in [0.3, 0.4) is 0 Å². The third kappa shape index (κ3) is 4.43. The number of carbonyl (C=O) groups is 1. The number of carbonyl (C=O) groups excluding carboxylic acids is 1. The van der Waals surface area contributed by atoms with Gasteiger partial charge in [0, 0.05) is 11.4 Å². The Balaban J connectivity index is 1.83. The van der Waals surface area contributed by atoms with Gasteiger partial charge in [-0.05, 0) is 30.2 Å². The van der Waals surface area contributed by atoms with Crippen LogP contribution in [-0.2, 0) is 6.42 Å². The third-order valence-corrected chi connectivity index (χ3v) is 3.41. The number of hydrogen-bond donors (Lipinski definition) is 3. The van der Waals surface area contributed by atoms with Crippen molar-refractivity contribution in [3.8, 4) is 5.75 Å². The Morgan fingerprint density at radius 2 is 1.86 bits per heavy atom. The second-order valence-corrected chi connectivity index (χ2v) is 4.94. The van der Waals surface area contributed by atoms with Crippen LogP contribution in [0.25, 0.3) is 0 Å². The maximum absolute atomic E-state index is 11.8. The molecule has 0 radical (unpaired) electrons. The van der Waals surface area contributed by atoms with Crippen LogP contribution in [0, 0.1) is 0 Å². The van der Waals surface area contributed by atoms with Crippen molar-refractivity contribution in [3.05, 3.63) is 54.1 Å². The Morgan fingerprint density at radius 1 is 1.14 bits per heavy atom. The molecule has 2 aromatic carbocycles. The fourth-order valence-corrected chi connectivity index (χ4v) is 2.18. The van der Waals surface area contributed by atoms with Gasteiger partial charge in [0.05, 0.1) is 12.8 Å². The SMILES string of the molecule is COc1ccccc1CCNC(=O)Nc1ccccc1S. The fraction of sp³-hybridized carbons (Fsp3) is 0.188. The molecule has 110 valence electrons. The van der Waals surface area contributed by atoms with E-state index in [9.17, 15) is 4.79 Å². The van der Waals surface area contributed by atoms with Gasteiger partial charge < -0.3 is 15.4 Å². The summed E-state index contributed by atoms with van der Waals surface area (Å²) in [5.74, 6) is 0.834. The molecule has 0 aliphatic carbocycles. The lowest BCUT2D eigenvalue weighted by atomic mass is 10.1. The molecule has 5 heteroatoms. The first-order valence-electron chi connectivity index (χ1n) is 6.65. The summed E-state index contributed by atoms with van der Waals surface area (Å²) in [6, 6.07) is 14.9. The first kappa shape index (κ1) is 15.3. The lowest BCUT2D eigenvalue weighted by Crippen LogP contribution is -2.30. The largest absolute Gasteiger partial charge is 0.496 e. The molecule has 0 atom stereocenters. The lowest BCUT2D eigenvalue weighted by molar-refractivity contribution is 0.252. The summed E-state index contributed by atoms with van der Waals surface area (Å²) in [6.45, 7) is 0.529. The zero-order valence-electron chi connectivity index (χ0n) is 11.8. The smallest absolute Gasteiger partial charge is 0.319 e. The number of anilines is 1. The van der Waals surface area contributed by atoms with Gasteiger partial charge in [0.1, 0.15) is 5.75 Å². The number of thiol groups is 1. The second-order valence-electron chi connectivity index (χ2n) is 4.46. The minimum Gasteiger partial charge on any atom is -0.496 e. The number of hydrogen-bond acceptors (Lipinski definition) is 3. The normalized spacial score (nSPS) is 10.0. The molecule has 0 spiro atoms. The van der Waals surface area contributed by atoms with E-state index in [2.05, 4.69) is 23.3 Å². The molecule has 0 unspecified atom stereocenters. The summed E-state index contributed by atoms with van der Waals surface area (Å²) in [6.07, 6.45) is 0.708. The van der Waals surface area contributed by atoms with Crippen LogP contribution in [0.1, 0.15) is 5.56 Å². The predicted octanol–water partition coefficient (Wildman–Crippen LogP) is 3.35. The highest BCUT2D eigenvalue weighted by atomic mass is 32.1. The Kier molecular flexibility index (Phi) is 5.51. The molecule has 0 saturated carbocycles. The highest BCUT2D eigenvalue weighted by Crippen LogP contribution is 2.19. The minimum absolute atomic E-state index is 0.244. The van der Waals surface area contributed by atoms with Crippen molar-refractivity contribution in [2.75, 3.05) is 19.0 Å². The standard InChI is InChI=1S/C16H18N2O2S/c1-20-14-8-4-2-6-12(14)10-11-17-16(19)18-13-7-3-5-9-15(13)21/h2-9,21H,10-11H2,1H3,(H2,17,18,19). The third-order valence-electron chi connectivity index (χ3n) is 3.02. The van der Waals surface area contributed by atoms with Crippen LogP contribution in [0.5, 0.6) is 5.75 Å². The molecular weight excluding hydrogens is 284 g/mol. The molecule has 0 fully saturated rings. The maximum Gasteiger partial charge on any atom is 0.319 e. The molecule has 21 heavy (non-hydrogen) atoms. The molecule has 0 aliphatic heterocycles. The number of urea groups is 1. The van der Waals surface area contributed by atoms with Gasteiger partial charge in [-0.1, -0.05) is 30.3 Å². The van der Waals surface area contributed by atoms with Crippen molar-refractivity contribution in [3.63, 3.8) is 0 Å². The van der Waals surface area contributed by atoms with Gasteiger partial charge >= 0.3 is 6.03 Å². The summed E-state index contributed by atoms with van der Waals surface area (Å²) >= 11 is 4.29. The van der Waals surface area contributed by atoms with Crippen molar-refractivity contribution in [2.45, 2.75) is 11.3 Å². The molecule has 0 aromatic heterocycles. The van der Waals surface area contributed by atoms with Crippen molar-refractivity contribution >= 4 is 24.3 Å². The minimum atomic E-state index is -0.244. The fourth-order valence-electron chi connectivity index (χ4n) is 1.97. The van der Waals surface area contributed by atoms with Crippen LogP contribution in [0.15, 0.2) is 53.4 Å². The van der Waals surface area contributed by atoms with E-state index in [1.807, 2.05) is 48.5 Å². The van der Waals surface area contributed by atoms with E-state index in [1.54, 1.807) is 7.11 Å². The van der Waals surface area contributed by atoms with Crippen molar-refractivity contribution in [1.82, 2.24) is 5.32 Å². The van der Waals surface area contributed by atoms with Gasteiger partial charge in [-0.25, -0.2) is 4.79 Å². The van der Waals surface area contributed by atoms with E-state index in [0.29, 0.717) is 18.7 Å². The summed E-state index contributed by atoms with van der Waals surface area (Å²) in [5, 5.41) is 5.59. The first-order valence-corrected chi connectivity index (χ1v) is 7.10. The summed E-state index contributed by atoms with van der Waals surface area (Å²) in [4.78, 5) is 12.6.